The average Bonchev–Trinajstić information content (AvgIpc) is 2.27. The molecule has 16 heavy (non-hydrogen) atoms. The van der Waals surface area contributed by atoms with Crippen LogP contribution in [0.15, 0.2) is 6.20 Å². The van der Waals surface area contributed by atoms with Crippen LogP contribution in [0.4, 0.5) is 5.82 Å². The third kappa shape index (κ3) is 1.73. The van der Waals surface area contributed by atoms with Crippen molar-refractivity contribution in [3.05, 3.63) is 12.0 Å². The Morgan fingerprint density at radius 3 is 2.94 bits per heavy atom. The predicted octanol–water partition coefficient (Wildman–Crippen LogP) is 1.17. The summed E-state index contributed by atoms with van der Waals surface area (Å²) in [6.45, 7) is 5.97. The lowest BCUT2D eigenvalue weighted by molar-refractivity contribution is -0.121. The zero-order chi connectivity index (χ0) is 11.7. The second-order valence-corrected chi connectivity index (χ2v) is 3.97. The standard InChI is InChI=1S/C11H15N3O2/c1-4-9-12-5-8-11(13-9)14(7(2)3)10(15)6-16-8/h5,7H,4,6H2,1-3H3. The van der Waals surface area contributed by atoms with Gasteiger partial charge in [0.2, 0.25) is 0 Å². The first-order valence-corrected chi connectivity index (χ1v) is 5.44. The number of nitrogens with zero attached hydrogens (tertiary/aromatic N) is 3. The van der Waals surface area contributed by atoms with Crippen molar-refractivity contribution in [1.82, 2.24) is 9.97 Å². The Morgan fingerprint density at radius 1 is 1.56 bits per heavy atom. The Hall–Kier alpha value is -1.65. The number of rotatable bonds is 2. The molecule has 5 nitrogen and oxygen atoms in total. The van der Waals surface area contributed by atoms with E-state index in [-0.39, 0.29) is 18.6 Å². The van der Waals surface area contributed by atoms with E-state index in [9.17, 15) is 4.79 Å². The van der Waals surface area contributed by atoms with Gasteiger partial charge in [-0.3, -0.25) is 9.69 Å². The first kappa shape index (κ1) is 10.9. The number of anilines is 1. The van der Waals surface area contributed by atoms with Crippen LogP contribution in [0.3, 0.4) is 0 Å². The highest BCUT2D eigenvalue weighted by Crippen LogP contribution is 2.30. The molecule has 0 saturated heterocycles. The highest BCUT2D eigenvalue weighted by molar-refractivity contribution is 5.97. The molecule has 0 atom stereocenters. The molecule has 1 aliphatic heterocycles. The van der Waals surface area contributed by atoms with Crippen molar-refractivity contribution in [3.8, 4) is 5.75 Å². The summed E-state index contributed by atoms with van der Waals surface area (Å²) in [5.41, 5.74) is 0. The molecule has 0 radical (unpaired) electrons. The summed E-state index contributed by atoms with van der Waals surface area (Å²) in [5, 5.41) is 0. The summed E-state index contributed by atoms with van der Waals surface area (Å²) in [5.74, 6) is 1.86. The maximum absolute atomic E-state index is 11.7. The van der Waals surface area contributed by atoms with Crippen molar-refractivity contribution in [1.29, 1.82) is 0 Å². The van der Waals surface area contributed by atoms with Crippen LogP contribution in [0, 0.1) is 0 Å². The number of carbonyl (C=O) groups is 1. The Morgan fingerprint density at radius 2 is 2.31 bits per heavy atom. The molecular formula is C11H15N3O2. The van der Waals surface area contributed by atoms with E-state index in [1.54, 1.807) is 11.1 Å². The molecule has 0 N–H and O–H groups in total. The molecule has 5 heteroatoms. The third-order valence-electron chi connectivity index (χ3n) is 2.47. The van der Waals surface area contributed by atoms with Crippen LogP contribution in [0.25, 0.3) is 0 Å². The summed E-state index contributed by atoms with van der Waals surface area (Å²) in [6, 6.07) is 0.0785. The fraction of sp³-hybridized carbons (Fsp3) is 0.545. The zero-order valence-corrected chi connectivity index (χ0v) is 9.73. The molecule has 0 aliphatic carbocycles. The van der Waals surface area contributed by atoms with E-state index in [0.29, 0.717) is 11.6 Å². The molecule has 1 aromatic heterocycles. The molecule has 1 aromatic rings. The van der Waals surface area contributed by atoms with Gasteiger partial charge < -0.3 is 4.74 Å². The van der Waals surface area contributed by atoms with Crippen LogP contribution in [0.1, 0.15) is 26.6 Å². The van der Waals surface area contributed by atoms with Gasteiger partial charge in [0.1, 0.15) is 5.82 Å². The van der Waals surface area contributed by atoms with Gasteiger partial charge in [-0.05, 0) is 13.8 Å². The van der Waals surface area contributed by atoms with Crippen LogP contribution in [0.2, 0.25) is 0 Å². The number of fused-ring (bicyclic) bond motifs is 1. The molecular weight excluding hydrogens is 206 g/mol. The molecule has 0 saturated carbocycles. The van der Waals surface area contributed by atoms with Gasteiger partial charge in [0, 0.05) is 12.5 Å². The minimum Gasteiger partial charge on any atom is -0.478 e. The first-order chi connectivity index (χ1) is 7.63. The van der Waals surface area contributed by atoms with Crippen LogP contribution < -0.4 is 9.64 Å². The van der Waals surface area contributed by atoms with Gasteiger partial charge in [0.05, 0.1) is 6.20 Å². The Labute approximate surface area is 94.5 Å². The molecule has 0 aromatic carbocycles. The van der Waals surface area contributed by atoms with Crippen molar-refractivity contribution in [3.63, 3.8) is 0 Å². The van der Waals surface area contributed by atoms with Crippen molar-refractivity contribution >= 4 is 11.7 Å². The maximum Gasteiger partial charge on any atom is 0.266 e. The van der Waals surface area contributed by atoms with Gasteiger partial charge >= 0.3 is 0 Å². The molecule has 1 aliphatic rings. The number of hydrogen-bond donors (Lipinski definition) is 0. The van der Waals surface area contributed by atoms with Crippen molar-refractivity contribution in [2.75, 3.05) is 11.5 Å². The van der Waals surface area contributed by atoms with E-state index >= 15 is 0 Å². The SMILES string of the molecule is CCc1ncc2c(n1)N(C(C)C)C(=O)CO2. The van der Waals surface area contributed by atoms with Gasteiger partial charge in [-0.15, -0.1) is 0 Å². The first-order valence-electron chi connectivity index (χ1n) is 5.44. The average molecular weight is 221 g/mol. The fourth-order valence-corrected chi connectivity index (χ4v) is 1.70. The Balaban J connectivity index is 2.48. The molecule has 0 unspecified atom stereocenters. The zero-order valence-electron chi connectivity index (χ0n) is 9.73. The van der Waals surface area contributed by atoms with E-state index in [1.165, 1.54) is 0 Å². The Kier molecular flexibility index (Phi) is 2.77. The number of ether oxygens (including phenoxy) is 1. The lowest BCUT2D eigenvalue weighted by Crippen LogP contribution is -2.44. The van der Waals surface area contributed by atoms with Crippen molar-refractivity contribution < 1.29 is 9.53 Å². The molecule has 1 amide bonds. The summed E-state index contributed by atoms with van der Waals surface area (Å²) in [4.78, 5) is 21.9. The van der Waals surface area contributed by atoms with Crippen LogP contribution in [-0.2, 0) is 11.2 Å². The highest BCUT2D eigenvalue weighted by atomic mass is 16.5. The molecule has 0 bridgehead atoms. The number of hydrogen-bond acceptors (Lipinski definition) is 4. The molecule has 86 valence electrons. The monoisotopic (exact) mass is 221 g/mol. The fourth-order valence-electron chi connectivity index (χ4n) is 1.70. The van der Waals surface area contributed by atoms with Gasteiger partial charge in [0.15, 0.2) is 18.2 Å². The van der Waals surface area contributed by atoms with Crippen LogP contribution in [-0.4, -0.2) is 28.5 Å². The van der Waals surface area contributed by atoms with Gasteiger partial charge in [-0.1, -0.05) is 6.92 Å². The normalized spacial score (nSPS) is 15.0. The second kappa shape index (κ2) is 4.08. The lowest BCUT2D eigenvalue weighted by Gasteiger charge is -2.31. The van der Waals surface area contributed by atoms with Crippen molar-refractivity contribution in [2.45, 2.75) is 33.2 Å². The summed E-state index contributed by atoms with van der Waals surface area (Å²) in [7, 11) is 0. The number of aromatic nitrogens is 2. The third-order valence-corrected chi connectivity index (χ3v) is 2.47. The van der Waals surface area contributed by atoms with E-state index in [1.807, 2.05) is 20.8 Å². The van der Waals surface area contributed by atoms with Crippen molar-refractivity contribution in [2.24, 2.45) is 0 Å². The summed E-state index contributed by atoms with van der Waals surface area (Å²) >= 11 is 0. The summed E-state index contributed by atoms with van der Waals surface area (Å²) < 4.78 is 5.30. The smallest absolute Gasteiger partial charge is 0.266 e. The van der Waals surface area contributed by atoms with Gasteiger partial charge in [-0.2, -0.15) is 0 Å². The molecule has 0 fully saturated rings. The van der Waals surface area contributed by atoms with Crippen LogP contribution >= 0.6 is 0 Å². The summed E-state index contributed by atoms with van der Waals surface area (Å²) in [6.07, 6.45) is 2.39. The minimum absolute atomic E-state index is 0.0525. The minimum atomic E-state index is -0.0525. The predicted molar refractivity (Wildman–Crippen MR) is 59.5 cm³/mol. The second-order valence-electron chi connectivity index (χ2n) is 3.97. The maximum atomic E-state index is 11.7. The highest BCUT2D eigenvalue weighted by Gasteiger charge is 2.29. The number of amides is 1. The van der Waals surface area contributed by atoms with E-state index in [4.69, 9.17) is 4.74 Å². The van der Waals surface area contributed by atoms with Gasteiger partial charge in [0.25, 0.3) is 5.91 Å². The quantitative estimate of drug-likeness (QED) is 0.752. The topological polar surface area (TPSA) is 55.3 Å². The van der Waals surface area contributed by atoms with E-state index in [2.05, 4.69) is 9.97 Å². The van der Waals surface area contributed by atoms with E-state index in [0.717, 1.165) is 12.2 Å². The number of carbonyl (C=O) groups excluding carboxylic acids is 1. The largest absolute Gasteiger partial charge is 0.478 e. The van der Waals surface area contributed by atoms with Gasteiger partial charge in [-0.25, -0.2) is 9.97 Å². The number of aryl methyl sites for hydroxylation is 1. The lowest BCUT2D eigenvalue weighted by atomic mass is 10.2. The molecule has 2 heterocycles. The molecule has 0 spiro atoms. The Bertz CT molecular complexity index is 418. The van der Waals surface area contributed by atoms with Crippen LogP contribution in [0.5, 0.6) is 5.75 Å². The van der Waals surface area contributed by atoms with E-state index < -0.39 is 0 Å². The molecule has 2 rings (SSSR count).